The molecule has 0 fully saturated rings. The summed E-state index contributed by atoms with van der Waals surface area (Å²) in [7, 11) is 0. The first kappa shape index (κ1) is 13.5. The minimum Gasteiger partial charge on any atom is -0.330 e. The predicted molar refractivity (Wildman–Crippen MR) is 52.4 cm³/mol. The fraction of sp³-hybridized carbons (Fsp3) is 1.00. The van der Waals surface area contributed by atoms with Crippen LogP contribution in [0.1, 0.15) is 40.5 Å². The molecular weight excluding hydrogens is 136 g/mol. The summed E-state index contributed by atoms with van der Waals surface area (Å²) in [6.45, 7) is 9.17. The lowest BCUT2D eigenvalue weighted by atomic mass is 10.2. The van der Waals surface area contributed by atoms with Crippen molar-refractivity contribution in [1.82, 2.24) is 0 Å². The second-order valence-corrected chi connectivity index (χ2v) is 3.40. The second kappa shape index (κ2) is 9.92. The molecular formula is C9H24N2. The Bertz CT molecular complexity index is 60.6. The Labute approximate surface area is 71.3 Å². The SMILES string of the molecule is CC(C)CN.CCCC(C)N. The quantitative estimate of drug-likeness (QED) is 0.660. The van der Waals surface area contributed by atoms with Crippen molar-refractivity contribution in [3.63, 3.8) is 0 Å². The predicted octanol–water partition coefficient (Wildman–Crippen LogP) is 1.73. The van der Waals surface area contributed by atoms with E-state index < -0.39 is 0 Å². The molecule has 1 atom stereocenters. The van der Waals surface area contributed by atoms with Crippen molar-refractivity contribution in [2.75, 3.05) is 6.54 Å². The lowest BCUT2D eigenvalue weighted by Gasteiger charge is -1.96. The van der Waals surface area contributed by atoms with Gasteiger partial charge in [-0.15, -0.1) is 0 Å². The van der Waals surface area contributed by atoms with Gasteiger partial charge >= 0.3 is 0 Å². The lowest BCUT2D eigenvalue weighted by molar-refractivity contribution is 0.653. The average Bonchev–Trinajstić information content (AvgIpc) is 1.89. The van der Waals surface area contributed by atoms with Crippen LogP contribution in [0, 0.1) is 5.92 Å². The van der Waals surface area contributed by atoms with Crippen LogP contribution in [0.5, 0.6) is 0 Å². The van der Waals surface area contributed by atoms with Crippen LogP contribution < -0.4 is 11.5 Å². The fourth-order valence-electron chi connectivity index (χ4n) is 0.455. The maximum absolute atomic E-state index is 5.40. The van der Waals surface area contributed by atoms with Gasteiger partial charge in [0.25, 0.3) is 0 Å². The molecule has 0 heterocycles. The van der Waals surface area contributed by atoms with E-state index >= 15 is 0 Å². The number of hydrogen-bond acceptors (Lipinski definition) is 2. The Hall–Kier alpha value is -0.0800. The van der Waals surface area contributed by atoms with Crippen LogP contribution >= 0.6 is 0 Å². The molecule has 0 aromatic rings. The zero-order chi connectivity index (χ0) is 9.28. The molecule has 0 radical (unpaired) electrons. The van der Waals surface area contributed by atoms with Gasteiger partial charge in [-0.05, 0) is 25.8 Å². The molecule has 0 rings (SSSR count). The Morgan fingerprint density at radius 3 is 1.55 bits per heavy atom. The summed E-state index contributed by atoms with van der Waals surface area (Å²) in [5.74, 6) is 0.662. The minimum absolute atomic E-state index is 0.398. The van der Waals surface area contributed by atoms with Gasteiger partial charge in [-0.3, -0.25) is 0 Å². The molecule has 0 aliphatic carbocycles. The van der Waals surface area contributed by atoms with Gasteiger partial charge in [0, 0.05) is 6.04 Å². The van der Waals surface area contributed by atoms with E-state index in [1.54, 1.807) is 0 Å². The summed E-state index contributed by atoms with van der Waals surface area (Å²) in [4.78, 5) is 0. The largest absolute Gasteiger partial charge is 0.330 e. The Morgan fingerprint density at radius 1 is 1.18 bits per heavy atom. The van der Waals surface area contributed by atoms with E-state index in [-0.39, 0.29) is 0 Å². The molecule has 0 aromatic heterocycles. The molecule has 0 aromatic carbocycles. The Kier molecular flexibility index (Phi) is 12.2. The number of hydrogen-bond donors (Lipinski definition) is 2. The van der Waals surface area contributed by atoms with Gasteiger partial charge in [0.1, 0.15) is 0 Å². The van der Waals surface area contributed by atoms with Crippen LogP contribution in [-0.4, -0.2) is 12.6 Å². The Morgan fingerprint density at radius 2 is 1.55 bits per heavy atom. The third kappa shape index (κ3) is 25.7. The van der Waals surface area contributed by atoms with E-state index in [1.807, 2.05) is 6.92 Å². The third-order valence-corrected chi connectivity index (χ3v) is 1.22. The first-order chi connectivity index (χ1) is 5.04. The number of nitrogens with two attached hydrogens (primary N) is 2. The van der Waals surface area contributed by atoms with Crippen molar-refractivity contribution in [3.05, 3.63) is 0 Å². The van der Waals surface area contributed by atoms with Crippen LogP contribution in [0.25, 0.3) is 0 Å². The smallest absolute Gasteiger partial charge is 0.00103 e. The van der Waals surface area contributed by atoms with Gasteiger partial charge in [-0.25, -0.2) is 0 Å². The molecule has 11 heavy (non-hydrogen) atoms. The van der Waals surface area contributed by atoms with Crippen LogP contribution in [0.3, 0.4) is 0 Å². The summed E-state index contributed by atoms with van der Waals surface area (Å²) >= 11 is 0. The Balaban J connectivity index is 0. The third-order valence-electron chi connectivity index (χ3n) is 1.22. The normalized spacial score (nSPS) is 12.3. The summed E-state index contributed by atoms with van der Waals surface area (Å²) in [6, 6.07) is 0.398. The highest BCUT2D eigenvalue weighted by atomic mass is 14.6. The van der Waals surface area contributed by atoms with E-state index in [2.05, 4.69) is 20.8 Å². The van der Waals surface area contributed by atoms with Gasteiger partial charge < -0.3 is 11.5 Å². The molecule has 0 spiro atoms. The van der Waals surface area contributed by atoms with Crippen molar-refractivity contribution in [3.8, 4) is 0 Å². The maximum atomic E-state index is 5.40. The highest BCUT2D eigenvalue weighted by Crippen LogP contribution is 1.88. The molecule has 0 saturated carbocycles. The maximum Gasteiger partial charge on any atom is 0.00103 e. The van der Waals surface area contributed by atoms with Crippen molar-refractivity contribution in [2.45, 2.75) is 46.6 Å². The van der Waals surface area contributed by atoms with Crippen LogP contribution in [0.2, 0.25) is 0 Å². The molecule has 0 bridgehead atoms. The van der Waals surface area contributed by atoms with Gasteiger partial charge in [0.05, 0.1) is 0 Å². The van der Waals surface area contributed by atoms with E-state index in [4.69, 9.17) is 11.5 Å². The average molecular weight is 160 g/mol. The molecule has 0 saturated heterocycles. The molecule has 0 aliphatic rings. The van der Waals surface area contributed by atoms with E-state index in [0.29, 0.717) is 12.0 Å². The van der Waals surface area contributed by atoms with Crippen molar-refractivity contribution in [2.24, 2.45) is 17.4 Å². The van der Waals surface area contributed by atoms with Crippen LogP contribution in [0.15, 0.2) is 0 Å². The molecule has 2 nitrogen and oxygen atoms in total. The van der Waals surface area contributed by atoms with Crippen molar-refractivity contribution in [1.29, 1.82) is 0 Å². The van der Waals surface area contributed by atoms with Gasteiger partial charge in [-0.2, -0.15) is 0 Å². The topological polar surface area (TPSA) is 52.0 Å². The summed E-state index contributed by atoms with van der Waals surface area (Å²) in [5, 5.41) is 0. The molecule has 0 amide bonds. The van der Waals surface area contributed by atoms with Crippen molar-refractivity contribution < 1.29 is 0 Å². The number of rotatable bonds is 3. The fourth-order valence-corrected chi connectivity index (χ4v) is 0.455. The van der Waals surface area contributed by atoms with Crippen molar-refractivity contribution >= 4 is 0 Å². The minimum atomic E-state index is 0.398. The molecule has 2 heteroatoms. The van der Waals surface area contributed by atoms with Crippen LogP contribution in [0.4, 0.5) is 0 Å². The molecule has 0 aliphatic heterocycles. The van der Waals surface area contributed by atoms with Crippen LogP contribution in [-0.2, 0) is 0 Å². The van der Waals surface area contributed by atoms with Gasteiger partial charge in [0.15, 0.2) is 0 Å². The van der Waals surface area contributed by atoms with Gasteiger partial charge in [0.2, 0.25) is 0 Å². The first-order valence-corrected chi connectivity index (χ1v) is 4.50. The molecule has 4 N–H and O–H groups in total. The highest BCUT2D eigenvalue weighted by Gasteiger charge is 1.85. The molecule has 70 valence electrons. The second-order valence-electron chi connectivity index (χ2n) is 3.40. The zero-order valence-corrected chi connectivity index (χ0v) is 8.43. The summed E-state index contributed by atoms with van der Waals surface area (Å²) in [6.07, 6.45) is 2.36. The summed E-state index contributed by atoms with van der Waals surface area (Å²) < 4.78 is 0. The van der Waals surface area contributed by atoms with E-state index in [1.165, 1.54) is 6.42 Å². The highest BCUT2D eigenvalue weighted by molar-refractivity contribution is 4.47. The monoisotopic (exact) mass is 160 g/mol. The standard InChI is InChI=1S/C5H13N.C4H11N/c1-3-4-5(2)6;1-4(2)3-5/h5H,3-4,6H2,1-2H3;4H,3,5H2,1-2H3. The van der Waals surface area contributed by atoms with E-state index in [0.717, 1.165) is 13.0 Å². The van der Waals surface area contributed by atoms with Gasteiger partial charge in [-0.1, -0.05) is 27.2 Å². The first-order valence-electron chi connectivity index (χ1n) is 4.50. The molecule has 1 unspecified atom stereocenters. The van der Waals surface area contributed by atoms with E-state index in [9.17, 15) is 0 Å². The summed E-state index contributed by atoms with van der Waals surface area (Å²) in [5.41, 5.74) is 10.6. The zero-order valence-electron chi connectivity index (χ0n) is 8.43. The lowest BCUT2D eigenvalue weighted by Crippen LogP contribution is -2.13.